The molecule has 4 rings (SSSR count). The molecule has 0 aromatic heterocycles. The van der Waals surface area contributed by atoms with Crippen LogP contribution in [0.25, 0.3) is 0 Å². The summed E-state index contributed by atoms with van der Waals surface area (Å²) >= 11 is 6.09. The van der Waals surface area contributed by atoms with Crippen LogP contribution in [0.1, 0.15) is 12.5 Å². The third-order valence-corrected chi connectivity index (χ3v) is 7.32. The van der Waals surface area contributed by atoms with Crippen LogP contribution in [0.15, 0.2) is 76.7 Å². The van der Waals surface area contributed by atoms with Crippen molar-refractivity contribution in [3.63, 3.8) is 0 Å². The number of nitrogens with one attached hydrogen (secondary N) is 2. The summed E-state index contributed by atoms with van der Waals surface area (Å²) in [5, 5.41) is 15.8. The topological polar surface area (TPSA) is 126 Å². The van der Waals surface area contributed by atoms with Crippen LogP contribution in [0.4, 0.5) is 22.7 Å². The molecular weight excluding hydrogens is 506 g/mol. The number of rotatable bonds is 8. The van der Waals surface area contributed by atoms with Crippen LogP contribution in [0.5, 0.6) is 0 Å². The zero-order chi connectivity index (χ0) is 25.7. The molecule has 0 aliphatic carbocycles. The lowest BCUT2D eigenvalue weighted by Crippen LogP contribution is -2.36. The van der Waals surface area contributed by atoms with Gasteiger partial charge in [0.15, 0.2) is 0 Å². The number of nitrogens with zero attached hydrogens (tertiary/aromatic N) is 3. The van der Waals surface area contributed by atoms with Gasteiger partial charge < -0.3 is 9.64 Å². The van der Waals surface area contributed by atoms with Gasteiger partial charge in [-0.15, -0.1) is 0 Å². The molecule has 188 valence electrons. The molecule has 1 heterocycles. The van der Waals surface area contributed by atoms with E-state index >= 15 is 0 Å². The molecule has 0 saturated carbocycles. The highest BCUT2D eigenvalue weighted by atomic mass is 35.5. The van der Waals surface area contributed by atoms with Gasteiger partial charge in [-0.3, -0.25) is 20.3 Å². The summed E-state index contributed by atoms with van der Waals surface area (Å²) < 4.78 is 34.1. The molecule has 3 aromatic carbocycles. The molecule has 1 saturated heterocycles. The van der Waals surface area contributed by atoms with Gasteiger partial charge >= 0.3 is 0 Å². The Morgan fingerprint density at radius 2 is 1.75 bits per heavy atom. The molecule has 36 heavy (non-hydrogen) atoms. The molecule has 0 atom stereocenters. The first-order valence-electron chi connectivity index (χ1n) is 11.0. The zero-order valence-corrected chi connectivity index (χ0v) is 20.9. The van der Waals surface area contributed by atoms with Crippen LogP contribution >= 0.6 is 11.6 Å². The largest absolute Gasteiger partial charge is 0.378 e. The number of nitro benzene ring substituents is 1. The van der Waals surface area contributed by atoms with Gasteiger partial charge in [0.1, 0.15) is 4.90 Å². The number of nitro groups is 1. The average Bonchev–Trinajstić information content (AvgIpc) is 2.89. The van der Waals surface area contributed by atoms with E-state index in [-0.39, 0.29) is 27.0 Å². The van der Waals surface area contributed by atoms with Crippen LogP contribution in [-0.4, -0.2) is 45.4 Å². The second kappa shape index (κ2) is 10.9. The maximum Gasteiger partial charge on any atom is 0.270 e. The van der Waals surface area contributed by atoms with E-state index in [1.807, 2.05) is 24.3 Å². The van der Waals surface area contributed by atoms with Gasteiger partial charge in [0.25, 0.3) is 15.7 Å². The molecule has 0 unspecified atom stereocenters. The second-order valence-electron chi connectivity index (χ2n) is 7.98. The van der Waals surface area contributed by atoms with Crippen molar-refractivity contribution in [3.8, 4) is 0 Å². The number of morpholine rings is 1. The summed E-state index contributed by atoms with van der Waals surface area (Å²) in [5.74, 6) is 0. The third-order valence-electron chi connectivity index (χ3n) is 5.59. The Morgan fingerprint density at radius 3 is 2.42 bits per heavy atom. The molecule has 1 aliphatic rings. The molecule has 0 radical (unpaired) electrons. The number of sulfonamides is 1. The third kappa shape index (κ3) is 5.93. The molecular formula is C24H24ClN5O5S. The Labute approximate surface area is 213 Å². The van der Waals surface area contributed by atoms with Crippen molar-refractivity contribution in [1.82, 2.24) is 0 Å². The predicted octanol–water partition coefficient (Wildman–Crippen LogP) is 4.72. The van der Waals surface area contributed by atoms with Crippen molar-refractivity contribution >= 4 is 50.1 Å². The van der Waals surface area contributed by atoms with Crippen LogP contribution in [0.3, 0.4) is 0 Å². The first kappa shape index (κ1) is 25.4. The Morgan fingerprint density at radius 1 is 1.06 bits per heavy atom. The van der Waals surface area contributed by atoms with Gasteiger partial charge in [-0.25, -0.2) is 8.42 Å². The van der Waals surface area contributed by atoms with E-state index in [1.54, 1.807) is 19.1 Å². The maximum absolute atomic E-state index is 13.2. The van der Waals surface area contributed by atoms with Crippen LogP contribution in [0, 0.1) is 10.1 Å². The van der Waals surface area contributed by atoms with Crippen LogP contribution < -0.4 is 15.0 Å². The smallest absolute Gasteiger partial charge is 0.270 e. The van der Waals surface area contributed by atoms with Crippen molar-refractivity contribution in [3.05, 3.63) is 87.4 Å². The normalized spacial score (nSPS) is 14.4. The van der Waals surface area contributed by atoms with Crippen molar-refractivity contribution in [2.75, 3.05) is 41.4 Å². The molecule has 0 amide bonds. The molecule has 3 aromatic rings. The van der Waals surface area contributed by atoms with E-state index in [2.05, 4.69) is 20.1 Å². The molecule has 10 nitrogen and oxygen atoms in total. The van der Waals surface area contributed by atoms with Crippen molar-refractivity contribution in [1.29, 1.82) is 0 Å². The van der Waals surface area contributed by atoms with E-state index in [4.69, 9.17) is 16.3 Å². The fourth-order valence-electron chi connectivity index (χ4n) is 3.63. The number of anilines is 3. The van der Waals surface area contributed by atoms with Gasteiger partial charge in [0.2, 0.25) is 0 Å². The zero-order valence-electron chi connectivity index (χ0n) is 19.3. The fourth-order valence-corrected chi connectivity index (χ4v) is 5.12. The standard InChI is InChI=1S/C24H24ClN5O5S/c1-17(18-6-8-19(9-7-18)29-12-14-35-15-13-29)26-27-23-11-10-20(30(31)32)16-24(23)36(33,34)28-22-5-3-2-4-21(22)25/h2-11,16,27-28H,12-15H2,1H3/b26-17-. The lowest BCUT2D eigenvalue weighted by atomic mass is 10.1. The number of benzene rings is 3. The van der Waals surface area contributed by atoms with E-state index in [9.17, 15) is 18.5 Å². The fraction of sp³-hybridized carbons (Fsp3) is 0.208. The number of para-hydroxylation sites is 1. The second-order valence-corrected chi connectivity index (χ2v) is 10.0. The highest BCUT2D eigenvalue weighted by Gasteiger charge is 2.23. The molecule has 12 heteroatoms. The van der Waals surface area contributed by atoms with Crippen molar-refractivity contribution < 1.29 is 18.1 Å². The Bertz CT molecular complexity index is 1390. The Hall–Kier alpha value is -3.67. The van der Waals surface area contributed by atoms with Crippen LogP contribution in [0.2, 0.25) is 5.02 Å². The van der Waals surface area contributed by atoms with Gasteiger partial charge in [0.05, 0.1) is 40.2 Å². The molecule has 1 aliphatic heterocycles. The van der Waals surface area contributed by atoms with Crippen molar-refractivity contribution in [2.45, 2.75) is 11.8 Å². The molecule has 2 N–H and O–H groups in total. The van der Waals surface area contributed by atoms with E-state index in [1.165, 1.54) is 24.3 Å². The molecule has 0 spiro atoms. The van der Waals surface area contributed by atoms with E-state index < -0.39 is 14.9 Å². The quantitative estimate of drug-likeness (QED) is 0.245. The van der Waals surface area contributed by atoms with Crippen LogP contribution in [-0.2, 0) is 14.8 Å². The maximum atomic E-state index is 13.2. The number of ether oxygens (including phenoxy) is 1. The lowest BCUT2D eigenvalue weighted by molar-refractivity contribution is -0.385. The van der Waals surface area contributed by atoms with E-state index in [0.717, 1.165) is 30.4 Å². The number of halogens is 1. The summed E-state index contributed by atoms with van der Waals surface area (Å²) in [7, 11) is -4.24. The summed E-state index contributed by atoms with van der Waals surface area (Å²) in [6.45, 7) is 4.81. The minimum Gasteiger partial charge on any atom is -0.378 e. The SMILES string of the molecule is C/C(=N/Nc1ccc([N+](=O)[O-])cc1S(=O)(=O)Nc1ccccc1Cl)c1ccc(N2CCOCC2)cc1. The van der Waals surface area contributed by atoms with E-state index in [0.29, 0.717) is 18.9 Å². The summed E-state index contributed by atoms with van der Waals surface area (Å²) in [6, 6.07) is 17.6. The monoisotopic (exact) mass is 529 g/mol. The minimum atomic E-state index is -4.24. The lowest BCUT2D eigenvalue weighted by Gasteiger charge is -2.28. The van der Waals surface area contributed by atoms with Gasteiger partial charge in [-0.2, -0.15) is 5.10 Å². The first-order valence-corrected chi connectivity index (χ1v) is 12.9. The highest BCUT2D eigenvalue weighted by molar-refractivity contribution is 7.93. The summed E-state index contributed by atoms with van der Waals surface area (Å²) in [4.78, 5) is 12.5. The van der Waals surface area contributed by atoms with Crippen molar-refractivity contribution in [2.24, 2.45) is 5.10 Å². The minimum absolute atomic E-state index is 0.0736. The van der Waals surface area contributed by atoms with Gasteiger partial charge in [-0.1, -0.05) is 35.9 Å². The molecule has 1 fully saturated rings. The Kier molecular flexibility index (Phi) is 7.73. The predicted molar refractivity (Wildman–Crippen MR) is 141 cm³/mol. The highest BCUT2D eigenvalue weighted by Crippen LogP contribution is 2.30. The number of non-ortho nitro benzene ring substituents is 1. The first-order chi connectivity index (χ1) is 17.2. The van der Waals surface area contributed by atoms with Gasteiger partial charge in [-0.05, 0) is 42.8 Å². The van der Waals surface area contributed by atoms with Gasteiger partial charge in [0, 0.05) is 30.9 Å². The summed E-state index contributed by atoms with van der Waals surface area (Å²) in [6.07, 6.45) is 0. The number of hydrazone groups is 1. The summed E-state index contributed by atoms with van der Waals surface area (Å²) in [5.41, 5.74) is 5.11. The average molecular weight is 530 g/mol. The number of hydrogen-bond acceptors (Lipinski definition) is 8. The number of hydrogen-bond donors (Lipinski definition) is 2. The molecule has 0 bridgehead atoms. The Balaban J connectivity index is 1.59.